The van der Waals surface area contributed by atoms with Crippen LogP contribution >= 0.6 is 0 Å². The molecule has 0 radical (unpaired) electrons. The SMILES string of the molecule is CC(C1OC=CC(=O)C1O)C(F)(F)F. The fourth-order valence-electron chi connectivity index (χ4n) is 1.11. The number of halogens is 3. The second-order valence-electron chi connectivity index (χ2n) is 3.08. The molecule has 0 bridgehead atoms. The van der Waals surface area contributed by atoms with Crippen LogP contribution in [-0.4, -0.2) is 29.3 Å². The molecule has 3 nitrogen and oxygen atoms in total. The van der Waals surface area contributed by atoms with Crippen molar-refractivity contribution in [2.45, 2.75) is 25.3 Å². The molecule has 0 saturated carbocycles. The first-order valence-electron chi connectivity index (χ1n) is 3.94. The number of aliphatic hydroxyl groups excluding tert-OH is 1. The van der Waals surface area contributed by atoms with Crippen molar-refractivity contribution >= 4 is 5.78 Å². The quantitative estimate of drug-likeness (QED) is 0.703. The maximum Gasteiger partial charge on any atom is 0.395 e. The number of ether oxygens (including phenoxy) is 1. The number of carbonyl (C=O) groups is 1. The van der Waals surface area contributed by atoms with Crippen LogP contribution in [0.15, 0.2) is 12.3 Å². The lowest BCUT2D eigenvalue weighted by atomic mass is 9.95. The molecule has 80 valence electrons. The van der Waals surface area contributed by atoms with E-state index in [1.807, 2.05) is 0 Å². The summed E-state index contributed by atoms with van der Waals surface area (Å²) in [5.74, 6) is -2.65. The summed E-state index contributed by atoms with van der Waals surface area (Å²) in [6.45, 7) is 0.861. The van der Waals surface area contributed by atoms with Crippen LogP contribution < -0.4 is 0 Å². The largest absolute Gasteiger partial charge is 0.494 e. The van der Waals surface area contributed by atoms with Crippen LogP contribution in [-0.2, 0) is 9.53 Å². The third-order valence-electron chi connectivity index (χ3n) is 2.08. The average Bonchev–Trinajstić information content (AvgIpc) is 2.07. The first-order chi connectivity index (χ1) is 6.34. The van der Waals surface area contributed by atoms with E-state index in [1.54, 1.807) is 0 Å². The van der Waals surface area contributed by atoms with Crippen LogP contribution in [0.4, 0.5) is 13.2 Å². The number of ketones is 1. The molecule has 0 aromatic rings. The Morgan fingerprint density at radius 1 is 1.57 bits per heavy atom. The highest BCUT2D eigenvalue weighted by Gasteiger charge is 2.47. The van der Waals surface area contributed by atoms with E-state index in [2.05, 4.69) is 4.74 Å². The summed E-state index contributed by atoms with van der Waals surface area (Å²) in [4.78, 5) is 10.9. The van der Waals surface area contributed by atoms with Crippen molar-refractivity contribution in [3.63, 3.8) is 0 Å². The topological polar surface area (TPSA) is 46.5 Å². The molecule has 1 N–H and O–H groups in total. The summed E-state index contributed by atoms with van der Waals surface area (Å²) in [7, 11) is 0. The zero-order valence-corrected chi connectivity index (χ0v) is 7.28. The minimum absolute atomic E-state index is 0.766. The van der Waals surface area contributed by atoms with Crippen molar-refractivity contribution in [2.24, 2.45) is 5.92 Å². The number of hydrogen-bond acceptors (Lipinski definition) is 3. The summed E-state index contributed by atoms with van der Waals surface area (Å²) in [5.41, 5.74) is 0. The van der Waals surface area contributed by atoms with Crippen LogP contribution in [0, 0.1) is 5.92 Å². The number of carbonyl (C=O) groups excluding carboxylic acids is 1. The highest BCUT2D eigenvalue weighted by molar-refractivity contribution is 5.94. The van der Waals surface area contributed by atoms with Crippen molar-refractivity contribution in [1.29, 1.82) is 0 Å². The Morgan fingerprint density at radius 2 is 2.14 bits per heavy atom. The van der Waals surface area contributed by atoms with E-state index in [0.29, 0.717) is 0 Å². The molecule has 0 aliphatic carbocycles. The standard InChI is InChI=1S/C8H9F3O3/c1-4(8(9,10)11)7-6(13)5(12)2-3-14-7/h2-4,6-7,13H,1H3. The van der Waals surface area contributed by atoms with Gasteiger partial charge in [0.1, 0.15) is 6.10 Å². The molecule has 1 heterocycles. The van der Waals surface area contributed by atoms with E-state index < -0.39 is 30.1 Å². The number of alkyl halides is 3. The first kappa shape index (κ1) is 11.0. The van der Waals surface area contributed by atoms with Crippen LogP contribution in [0.3, 0.4) is 0 Å². The second kappa shape index (κ2) is 3.61. The van der Waals surface area contributed by atoms with E-state index in [1.165, 1.54) is 0 Å². The Balaban J connectivity index is 2.79. The fraction of sp³-hybridized carbons (Fsp3) is 0.625. The molecular formula is C8H9F3O3. The molecule has 1 aliphatic heterocycles. The fourth-order valence-corrected chi connectivity index (χ4v) is 1.11. The van der Waals surface area contributed by atoms with Crippen molar-refractivity contribution in [3.05, 3.63) is 12.3 Å². The summed E-state index contributed by atoms with van der Waals surface area (Å²) in [6, 6.07) is 0. The Bertz CT molecular complexity index is 259. The van der Waals surface area contributed by atoms with Crippen LogP contribution in [0.1, 0.15) is 6.92 Å². The average molecular weight is 210 g/mol. The summed E-state index contributed by atoms with van der Waals surface area (Å²) in [6.07, 6.45) is -5.99. The van der Waals surface area contributed by atoms with E-state index >= 15 is 0 Å². The molecule has 6 heteroatoms. The van der Waals surface area contributed by atoms with Gasteiger partial charge in [-0.1, -0.05) is 6.92 Å². The zero-order valence-electron chi connectivity index (χ0n) is 7.28. The Labute approximate surface area is 78.2 Å². The maximum atomic E-state index is 12.2. The summed E-state index contributed by atoms with van der Waals surface area (Å²) >= 11 is 0. The maximum absolute atomic E-state index is 12.2. The lowest BCUT2D eigenvalue weighted by Gasteiger charge is -2.30. The molecule has 0 fully saturated rings. The van der Waals surface area contributed by atoms with Crippen molar-refractivity contribution in [3.8, 4) is 0 Å². The molecule has 14 heavy (non-hydrogen) atoms. The van der Waals surface area contributed by atoms with Gasteiger partial charge in [-0.2, -0.15) is 13.2 Å². The van der Waals surface area contributed by atoms with Gasteiger partial charge in [0.05, 0.1) is 12.2 Å². The molecule has 3 unspecified atom stereocenters. The van der Waals surface area contributed by atoms with E-state index in [9.17, 15) is 18.0 Å². The van der Waals surface area contributed by atoms with Gasteiger partial charge in [0, 0.05) is 6.08 Å². The van der Waals surface area contributed by atoms with Crippen LogP contribution in [0.5, 0.6) is 0 Å². The number of aliphatic hydroxyl groups is 1. The third-order valence-corrected chi connectivity index (χ3v) is 2.08. The van der Waals surface area contributed by atoms with Gasteiger partial charge in [-0.05, 0) is 0 Å². The normalized spacial score (nSPS) is 29.9. The highest BCUT2D eigenvalue weighted by atomic mass is 19.4. The minimum Gasteiger partial charge on any atom is -0.494 e. The monoisotopic (exact) mass is 210 g/mol. The van der Waals surface area contributed by atoms with Crippen molar-refractivity contribution < 1.29 is 27.8 Å². The molecule has 0 aromatic heterocycles. The Morgan fingerprint density at radius 3 is 2.64 bits per heavy atom. The molecule has 0 saturated heterocycles. The highest BCUT2D eigenvalue weighted by Crippen LogP contribution is 2.32. The number of rotatable bonds is 1. The summed E-state index contributed by atoms with van der Waals surface area (Å²) < 4.78 is 41.2. The van der Waals surface area contributed by atoms with Crippen molar-refractivity contribution in [1.82, 2.24) is 0 Å². The van der Waals surface area contributed by atoms with Crippen molar-refractivity contribution in [2.75, 3.05) is 0 Å². The Kier molecular flexibility index (Phi) is 2.84. The van der Waals surface area contributed by atoms with E-state index in [-0.39, 0.29) is 0 Å². The minimum atomic E-state index is -4.49. The first-order valence-corrected chi connectivity index (χ1v) is 3.94. The predicted molar refractivity (Wildman–Crippen MR) is 40.2 cm³/mol. The van der Waals surface area contributed by atoms with Gasteiger partial charge < -0.3 is 9.84 Å². The summed E-state index contributed by atoms with van der Waals surface area (Å²) in [5, 5.41) is 9.15. The molecule has 0 aromatic carbocycles. The van der Waals surface area contributed by atoms with Gasteiger partial charge in [0.2, 0.25) is 0 Å². The van der Waals surface area contributed by atoms with Gasteiger partial charge in [-0.25, -0.2) is 0 Å². The zero-order chi connectivity index (χ0) is 10.9. The lowest BCUT2D eigenvalue weighted by Crippen LogP contribution is -2.46. The van der Waals surface area contributed by atoms with Crippen LogP contribution in [0.25, 0.3) is 0 Å². The smallest absolute Gasteiger partial charge is 0.395 e. The molecule has 1 rings (SSSR count). The van der Waals surface area contributed by atoms with Gasteiger partial charge in [-0.15, -0.1) is 0 Å². The molecule has 0 spiro atoms. The number of hydrogen-bond donors (Lipinski definition) is 1. The lowest BCUT2D eigenvalue weighted by molar-refractivity contribution is -0.208. The molecular weight excluding hydrogens is 201 g/mol. The van der Waals surface area contributed by atoms with E-state index in [4.69, 9.17) is 5.11 Å². The predicted octanol–water partition coefficient (Wildman–Crippen LogP) is 1.03. The van der Waals surface area contributed by atoms with Gasteiger partial charge in [0.15, 0.2) is 11.9 Å². The second-order valence-corrected chi connectivity index (χ2v) is 3.08. The molecule has 3 atom stereocenters. The van der Waals surface area contributed by atoms with Crippen LogP contribution in [0.2, 0.25) is 0 Å². The molecule has 1 aliphatic rings. The van der Waals surface area contributed by atoms with Gasteiger partial charge in [-0.3, -0.25) is 4.79 Å². The third kappa shape index (κ3) is 2.06. The van der Waals surface area contributed by atoms with E-state index in [0.717, 1.165) is 19.3 Å². The van der Waals surface area contributed by atoms with Gasteiger partial charge >= 0.3 is 6.18 Å². The van der Waals surface area contributed by atoms with Gasteiger partial charge in [0.25, 0.3) is 0 Å². The Hall–Kier alpha value is -1.04. The molecule has 0 amide bonds.